The van der Waals surface area contributed by atoms with Crippen LogP contribution in [0.5, 0.6) is 5.75 Å². The van der Waals surface area contributed by atoms with Gasteiger partial charge in [-0.2, -0.15) is 0 Å². The number of Topliss-reactive ketones (excluding diaryl/α,β-unsaturated/α-hetero) is 1. The second kappa shape index (κ2) is 7.77. The highest BCUT2D eigenvalue weighted by Gasteiger charge is 2.22. The number of hydrogen-bond donors (Lipinski definition) is 1. The largest absolute Gasteiger partial charge is 0.482 e. The minimum Gasteiger partial charge on any atom is -0.482 e. The lowest BCUT2D eigenvalue weighted by Gasteiger charge is -2.18. The Balaban J connectivity index is 1.47. The molecule has 1 N–H and O–H groups in total. The third-order valence-electron chi connectivity index (χ3n) is 4.37. The van der Waals surface area contributed by atoms with Crippen molar-refractivity contribution in [1.82, 2.24) is 4.98 Å². The Bertz CT molecular complexity index is 1040. The van der Waals surface area contributed by atoms with Crippen LogP contribution in [-0.2, 0) is 4.79 Å². The molecule has 3 aromatic rings. The number of anilines is 1. The van der Waals surface area contributed by atoms with Crippen molar-refractivity contribution < 1.29 is 14.3 Å². The predicted octanol–water partition coefficient (Wildman–Crippen LogP) is 4.81. The highest BCUT2D eigenvalue weighted by molar-refractivity contribution is 8.02. The first-order valence-corrected chi connectivity index (χ1v) is 10.6. The van der Waals surface area contributed by atoms with Crippen LogP contribution in [0.4, 0.5) is 5.69 Å². The number of hydrogen-bond acceptors (Lipinski definition) is 6. The summed E-state index contributed by atoms with van der Waals surface area (Å²) in [6.45, 7) is 3.92. The standard InChI is InChI=1S/C21H18N2O3S2/c1-12-3-5-14(6-4-12)17-11-27-21(23-17)28-13(2)20(25)15-7-8-18-16(9-15)22-19(24)10-26-18/h3-9,11,13H,10H2,1-2H3,(H,22,24). The molecule has 0 radical (unpaired) electrons. The van der Waals surface area contributed by atoms with Crippen molar-refractivity contribution in [2.45, 2.75) is 23.4 Å². The summed E-state index contributed by atoms with van der Waals surface area (Å²) in [5, 5.41) is 4.45. The molecule has 1 aliphatic rings. The number of nitrogens with one attached hydrogen (secondary N) is 1. The fourth-order valence-corrected chi connectivity index (χ4v) is 4.89. The summed E-state index contributed by atoms with van der Waals surface area (Å²) in [7, 11) is 0. The van der Waals surface area contributed by atoms with E-state index in [0.717, 1.165) is 15.6 Å². The summed E-state index contributed by atoms with van der Waals surface area (Å²) in [6, 6.07) is 13.4. The lowest BCUT2D eigenvalue weighted by Crippen LogP contribution is -2.25. The predicted molar refractivity (Wildman–Crippen MR) is 113 cm³/mol. The van der Waals surface area contributed by atoms with E-state index in [4.69, 9.17) is 4.74 Å². The monoisotopic (exact) mass is 410 g/mol. The van der Waals surface area contributed by atoms with Gasteiger partial charge >= 0.3 is 0 Å². The highest BCUT2D eigenvalue weighted by atomic mass is 32.2. The number of benzene rings is 2. The third kappa shape index (κ3) is 3.95. The summed E-state index contributed by atoms with van der Waals surface area (Å²) < 4.78 is 6.19. The van der Waals surface area contributed by atoms with E-state index >= 15 is 0 Å². The lowest BCUT2D eigenvalue weighted by molar-refractivity contribution is -0.118. The number of nitrogens with zero attached hydrogens (tertiary/aromatic N) is 1. The van der Waals surface area contributed by atoms with Crippen molar-refractivity contribution in [3.63, 3.8) is 0 Å². The van der Waals surface area contributed by atoms with Gasteiger partial charge in [0.1, 0.15) is 5.75 Å². The number of carbonyl (C=O) groups excluding carboxylic acids is 2. The van der Waals surface area contributed by atoms with Crippen LogP contribution in [0.2, 0.25) is 0 Å². The Morgan fingerprint density at radius 2 is 2.04 bits per heavy atom. The maximum Gasteiger partial charge on any atom is 0.262 e. The van der Waals surface area contributed by atoms with Gasteiger partial charge in [-0.3, -0.25) is 9.59 Å². The van der Waals surface area contributed by atoms with Crippen LogP contribution in [0.1, 0.15) is 22.8 Å². The van der Waals surface area contributed by atoms with E-state index in [9.17, 15) is 9.59 Å². The fraction of sp³-hybridized carbons (Fsp3) is 0.190. The molecular weight excluding hydrogens is 392 g/mol. The van der Waals surface area contributed by atoms with Crippen molar-refractivity contribution in [3.8, 4) is 17.0 Å². The Labute approximate surface area is 171 Å². The summed E-state index contributed by atoms with van der Waals surface area (Å²) >= 11 is 2.98. The number of fused-ring (bicyclic) bond motifs is 1. The smallest absolute Gasteiger partial charge is 0.262 e. The molecule has 0 saturated heterocycles. The molecule has 0 saturated carbocycles. The quantitative estimate of drug-likeness (QED) is 0.483. The molecule has 2 aromatic carbocycles. The van der Waals surface area contributed by atoms with E-state index in [2.05, 4.69) is 41.5 Å². The number of carbonyl (C=O) groups is 2. The molecule has 1 atom stereocenters. The number of amides is 1. The molecule has 2 heterocycles. The molecule has 28 heavy (non-hydrogen) atoms. The molecular formula is C21H18N2O3S2. The molecule has 1 amide bonds. The van der Waals surface area contributed by atoms with E-state index in [1.807, 2.05) is 12.3 Å². The molecule has 5 nitrogen and oxygen atoms in total. The average Bonchev–Trinajstić information content (AvgIpc) is 3.15. The van der Waals surface area contributed by atoms with Crippen molar-refractivity contribution in [2.24, 2.45) is 0 Å². The Hall–Kier alpha value is -2.64. The summed E-state index contributed by atoms with van der Waals surface area (Å²) in [4.78, 5) is 29.0. The van der Waals surface area contributed by atoms with Crippen LogP contribution in [0, 0.1) is 6.92 Å². The number of aryl methyl sites for hydroxylation is 1. The van der Waals surface area contributed by atoms with Crippen LogP contribution >= 0.6 is 23.1 Å². The fourth-order valence-electron chi connectivity index (χ4n) is 2.84. The summed E-state index contributed by atoms with van der Waals surface area (Å²) in [5.41, 5.74) is 4.27. The molecule has 1 aliphatic heterocycles. The number of ketones is 1. The number of thioether (sulfide) groups is 1. The number of aromatic nitrogens is 1. The molecule has 0 fully saturated rings. The highest BCUT2D eigenvalue weighted by Crippen LogP contribution is 2.34. The maximum absolute atomic E-state index is 12.8. The van der Waals surface area contributed by atoms with Gasteiger partial charge in [0.05, 0.1) is 16.6 Å². The summed E-state index contributed by atoms with van der Waals surface area (Å²) in [6.07, 6.45) is 0. The van der Waals surface area contributed by atoms with Gasteiger partial charge < -0.3 is 10.1 Å². The van der Waals surface area contributed by atoms with E-state index in [1.165, 1.54) is 28.7 Å². The Morgan fingerprint density at radius 1 is 1.25 bits per heavy atom. The van der Waals surface area contributed by atoms with Gasteiger partial charge in [-0.25, -0.2) is 4.98 Å². The first-order chi connectivity index (χ1) is 13.5. The van der Waals surface area contributed by atoms with Crippen molar-refractivity contribution in [3.05, 3.63) is 59.0 Å². The zero-order valence-electron chi connectivity index (χ0n) is 15.4. The van der Waals surface area contributed by atoms with Gasteiger partial charge in [-0.15, -0.1) is 11.3 Å². The Morgan fingerprint density at radius 3 is 2.82 bits per heavy atom. The molecule has 0 aliphatic carbocycles. The first-order valence-electron chi connectivity index (χ1n) is 8.80. The van der Waals surface area contributed by atoms with Crippen LogP contribution in [0.25, 0.3) is 11.3 Å². The van der Waals surface area contributed by atoms with Crippen LogP contribution in [-0.4, -0.2) is 28.5 Å². The van der Waals surface area contributed by atoms with Gasteiger partial charge in [0.15, 0.2) is 16.7 Å². The van der Waals surface area contributed by atoms with Crippen LogP contribution in [0.3, 0.4) is 0 Å². The minimum atomic E-state index is -0.296. The normalized spacial score (nSPS) is 14.0. The first kappa shape index (κ1) is 18.7. The van der Waals surface area contributed by atoms with Crippen molar-refractivity contribution >= 4 is 40.5 Å². The van der Waals surface area contributed by atoms with Gasteiger partial charge in [0, 0.05) is 16.5 Å². The van der Waals surface area contributed by atoms with Crippen LogP contribution < -0.4 is 10.1 Å². The van der Waals surface area contributed by atoms with E-state index in [1.54, 1.807) is 18.2 Å². The lowest BCUT2D eigenvalue weighted by atomic mass is 10.1. The maximum atomic E-state index is 12.8. The van der Waals surface area contributed by atoms with Gasteiger partial charge in [-0.1, -0.05) is 41.6 Å². The average molecular weight is 411 g/mol. The number of thiazole rings is 1. The molecule has 0 spiro atoms. The second-order valence-electron chi connectivity index (χ2n) is 6.54. The van der Waals surface area contributed by atoms with Crippen LogP contribution in [0.15, 0.2) is 52.2 Å². The van der Waals surface area contributed by atoms with Gasteiger partial charge in [0.2, 0.25) is 0 Å². The second-order valence-corrected chi connectivity index (χ2v) is 8.98. The molecule has 1 unspecified atom stereocenters. The minimum absolute atomic E-state index is 0.0000881. The van der Waals surface area contributed by atoms with E-state index in [-0.39, 0.29) is 23.5 Å². The van der Waals surface area contributed by atoms with E-state index in [0.29, 0.717) is 17.0 Å². The zero-order chi connectivity index (χ0) is 19.7. The topological polar surface area (TPSA) is 68.3 Å². The molecule has 142 valence electrons. The summed E-state index contributed by atoms with van der Waals surface area (Å²) in [5.74, 6) is 0.352. The number of rotatable bonds is 5. The SMILES string of the molecule is Cc1ccc(-c2csc(SC(C)C(=O)c3ccc4c(c3)NC(=O)CO4)n2)cc1. The van der Waals surface area contributed by atoms with Gasteiger partial charge in [0.25, 0.3) is 5.91 Å². The Kier molecular flexibility index (Phi) is 5.19. The number of ether oxygens (including phenoxy) is 1. The van der Waals surface area contributed by atoms with Crippen molar-refractivity contribution in [1.29, 1.82) is 0 Å². The van der Waals surface area contributed by atoms with Gasteiger partial charge in [-0.05, 0) is 32.0 Å². The zero-order valence-corrected chi connectivity index (χ0v) is 17.0. The van der Waals surface area contributed by atoms with Crippen molar-refractivity contribution in [2.75, 3.05) is 11.9 Å². The molecule has 1 aromatic heterocycles. The molecule has 7 heteroatoms. The molecule has 4 rings (SSSR count). The molecule has 0 bridgehead atoms. The third-order valence-corrected chi connectivity index (χ3v) is 6.45. The van der Waals surface area contributed by atoms with E-state index < -0.39 is 0 Å².